The Morgan fingerprint density at radius 3 is 2.96 bits per heavy atom. The molecule has 6 heteroatoms. The van der Waals surface area contributed by atoms with Crippen LogP contribution in [0.5, 0.6) is 0 Å². The van der Waals surface area contributed by atoms with Crippen molar-refractivity contribution in [3.8, 4) is 0 Å². The molecule has 1 spiro atoms. The van der Waals surface area contributed by atoms with Gasteiger partial charge >= 0.3 is 6.03 Å². The minimum absolute atomic E-state index is 0.0288. The molecular formula is C17H28N4O2. The molecule has 1 aromatic rings. The largest absolute Gasteiger partial charge is 0.378 e. The molecule has 0 bridgehead atoms. The fourth-order valence-corrected chi connectivity index (χ4v) is 3.89. The molecular weight excluding hydrogens is 292 g/mol. The van der Waals surface area contributed by atoms with Gasteiger partial charge in [-0.2, -0.15) is 0 Å². The Morgan fingerprint density at radius 2 is 2.30 bits per heavy atom. The van der Waals surface area contributed by atoms with Crippen LogP contribution in [0.2, 0.25) is 0 Å². The van der Waals surface area contributed by atoms with Crippen LogP contribution in [-0.2, 0) is 11.3 Å². The SMILES string of the molecule is CCO[C@@H]1C[C@H](NC(=O)NCCCCn2ccnc2)C12CCC2. The van der Waals surface area contributed by atoms with Crippen molar-refractivity contribution in [3.05, 3.63) is 18.7 Å². The number of nitrogens with zero attached hydrogens (tertiary/aromatic N) is 2. The van der Waals surface area contributed by atoms with Crippen molar-refractivity contribution in [2.24, 2.45) is 5.41 Å². The molecule has 0 aliphatic heterocycles. The lowest BCUT2D eigenvalue weighted by Crippen LogP contribution is -2.68. The number of carbonyl (C=O) groups is 1. The van der Waals surface area contributed by atoms with Gasteiger partial charge in [0.05, 0.1) is 12.4 Å². The van der Waals surface area contributed by atoms with Crippen molar-refractivity contribution in [1.29, 1.82) is 0 Å². The zero-order valence-corrected chi connectivity index (χ0v) is 14.0. The standard InChI is InChI=1S/C17H28N4O2/c1-2-23-15-12-14(17(15)6-5-7-17)20-16(22)19-8-3-4-10-21-11-9-18-13-21/h9,11,13-15H,2-8,10,12H2,1H3,(H2,19,20,22)/t14-,15+/m0/s1. The number of hydrogen-bond acceptors (Lipinski definition) is 3. The van der Waals surface area contributed by atoms with Gasteiger partial charge in [-0.25, -0.2) is 9.78 Å². The van der Waals surface area contributed by atoms with E-state index >= 15 is 0 Å². The van der Waals surface area contributed by atoms with Crippen LogP contribution in [0.25, 0.3) is 0 Å². The van der Waals surface area contributed by atoms with Gasteiger partial charge < -0.3 is 19.9 Å². The summed E-state index contributed by atoms with van der Waals surface area (Å²) in [6.45, 7) is 4.48. The van der Waals surface area contributed by atoms with E-state index in [1.165, 1.54) is 19.3 Å². The van der Waals surface area contributed by atoms with E-state index in [0.29, 0.717) is 12.1 Å². The molecule has 2 amide bonds. The van der Waals surface area contributed by atoms with E-state index in [2.05, 4.69) is 20.2 Å². The van der Waals surface area contributed by atoms with Crippen molar-refractivity contribution in [1.82, 2.24) is 20.2 Å². The molecule has 1 aromatic heterocycles. The van der Waals surface area contributed by atoms with E-state index in [-0.39, 0.29) is 11.4 Å². The zero-order valence-electron chi connectivity index (χ0n) is 14.0. The number of imidazole rings is 1. The van der Waals surface area contributed by atoms with Crippen LogP contribution in [0.3, 0.4) is 0 Å². The molecule has 2 aliphatic carbocycles. The first-order valence-electron chi connectivity index (χ1n) is 8.86. The number of rotatable bonds is 8. The van der Waals surface area contributed by atoms with Gasteiger partial charge in [0.2, 0.25) is 0 Å². The molecule has 2 saturated carbocycles. The Hall–Kier alpha value is -1.56. The molecule has 0 unspecified atom stereocenters. The predicted molar refractivity (Wildman–Crippen MR) is 88.1 cm³/mol. The summed E-state index contributed by atoms with van der Waals surface area (Å²) < 4.78 is 7.87. The fourth-order valence-electron chi connectivity index (χ4n) is 3.89. The highest BCUT2D eigenvalue weighted by molar-refractivity contribution is 5.74. The fraction of sp³-hybridized carbons (Fsp3) is 0.765. The van der Waals surface area contributed by atoms with Gasteiger partial charge in [0.25, 0.3) is 0 Å². The Bertz CT molecular complexity index is 499. The number of aromatic nitrogens is 2. The minimum atomic E-state index is -0.0288. The van der Waals surface area contributed by atoms with Gasteiger partial charge in [0.1, 0.15) is 0 Å². The van der Waals surface area contributed by atoms with Crippen molar-refractivity contribution in [2.75, 3.05) is 13.2 Å². The smallest absolute Gasteiger partial charge is 0.315 e. The van der Waals surface area contributed by atoms with Crippen molar-refractivity contribution in [3.63, 3.8) is 0 Å². The molecule has 0 radical (unpaired) electrons. The van der Waals surface area contributed by atoms with Gasteiger partial charge in [-0.3, -0.25) is 0 Å². The number of nitrogens with one attached hydrogen (secondary N) is 2. The summed E-state index contributed by atoms with van der Waals surface area (Å²) in [5, 5.41) is 6.14. The summed E-state index contributed by atoms with van der Waals surface area (Å²) in [6, 6.07) is 0.262. The summed E-state index contributed by atoms with van der Waals surface area (Å²) in [5.41, 5.74) is 0.231. The van der Waals surface area contributed by atoms with E-state index in [4.69, 9.17) is 4.74 Å². The molecule has 2 atom stereocenters. The zero-order chi connectivity index (χ0) is 16.1. The molecule has 128 valence electrons. The monoisotopic (exact) mass is 320 g/mol. The summed E-state index contributed by atoms with van der Waals surface area (Å²) in [7, 11) is 0. The van der Waals surface area contributed by atoms with Crippen LogP contribution in [0.15, 0.2) is 18.7 Å². The van der Waals surface area contributed by atoms with Gasteiger partial charge in [-0.05, 0) is 39.0 Å². The second kappa shape index (κ2) is 7.34. The maximum absolute atomic E-state index is 12.1. The maximum atomic E-state index is 12.1. The quantitative estimate of drug-likeness (QED) is 0.722. The number of amides is 2. The lowest BCUT2D eigenvalue weighted by atomic mass is 9.51. The minimum Gasteiger partial charge on any atom is -0.378 e. The van der Waals surface area contributed by atoms with E-state index in [0.717, 1.165) is 39.0 Å². The summed E-state index contributed by atoms with van der Waals surface area (Å²) >= 11 is 0. The number of carbonyl (C=O) groups excluding carboxylic acids is 1. The average molecular weight is 320 g/mol. The Kier molecular flexibility index (Phi) is 5.20. The van der Waals surface area contributed by atoms with Gasteiger partial charge in [-0.1, -0.05) is 6.42 Å². The lowest BCUT2D eigenvalue weighted by Gasteiger charge is -2.60. The number of aryl methyl sites for hydroxylation is 1. The van der Waals surface area contributed by atoms with Crippen molar-refractivity contribution in [2.45, 2.75) is 64.1 Å². The lowest BCUT2D eigenvalue weighted by molar-refractivity contribution is -0.169. The first-order chi connectivity index (χ1) is 11.2. The van der Waals surface area contributed by atoms with Gasteiger partial charge in [0, 0.05) is 43.5 Å². The first-order valence-corrected chi connectivity index (χ1v) is 8.86. The topological polar surface area (TPSA) is 68.2 Å². The number of hydrogen-bond donors (Lipinski definition) is 2. The van der Waals surface area contributed by atoms with Crippen molar-refractivity contribution < 1.29 is 9.53 Å². The normalized spacial score (nSPS) is 24.7. The molecule has 2 fully saturated rings. The Balaban J connectivity index is 1.31. The van der Waals surface area contributed by atoms with Gasteiger partial charge in [-0.15, -0.1) is 0 Å². The molecule has 2 aliphatic rings. The molecule has 3 rings (SSSR count). The highest BCUT2D eigenvalue weighted by Gasteiger charge is 2.59. The second-order valence-corrected chi connectivity index (χ2v) is 6.73. The van der Waals surface area contributed by atoms with Crippen LogP contribution in [0.4, 0.5) is 4.79 Å². The second-order valence-electron chi connectivity index (χ2n) is 6.73. The summed E-state index contributed by atoms with van der Waals surface area (Å²) in [5.74, 6) is 0. The summed E-state index contributed by atoms with van der Waals surface area (Å²) in [6.07, 6.45) is 12.5. The van der Waals surface area contributed by atoms with Crippen LogP contribution >= 0.6 is 0 Å². The Morgan fingerprint density at radius 1 is 1.43 bits per heavy atom. The average Bonchev–Trinajstić information content (AvgIpc) is 2.97. The van der Waals surface area contributed by atoms with Crippen LogP contribution in [0, 0.1) is 5.41 Å². The summed E-state index contributed by atoms with van der Waals surface area (Å²) in [4.78, 5) is 16.1. The molecule has 1 heterocycles. The molecule has 23 heavy (non-hydrogen) atoms. The third-order valence-corrected chi connectivity index (χ3v) is 5.43. The highest BCUT2D eigenvalue weighted by Crippen LogP contribution is 2.57. The van der Waals surface area contributed by atoms with Crippen LogP contribution in [-0.4, -0.2) is 40.9 Å². The molecule has 0 aromatic carbocycles. The van der Waals surface area contributed by atoms with Crippen molar-refractivity contribution >= 4 is 6.03 Å². The third-order valence-electron chi connectivity index (χ3n) is 5.43. The highest BCUT2D eigenvalue weighted by atomic mass is 16.5. The van der Waals surface area contributed by atoms with E-state index in [1.54, 1.807) is 6.20 Å². The molecule has 0 saturated heterocycles. The van der Waals surface area contributed by atoms with E-state index in [1.807, 2.05) is 19.4 Å². The first kappa shape index (κ1) is 16.3. The molecule has 6 nitrogen and oxygen atoms in total. The number of unbranched alkanes of at least 4 members (excludes halogenated alkanes) is 1. The van der Waals surface area contributed by atoms with E-state index in [9.17, 15) is 4.79 Å². The van der Waals surface area contributed by atoms with Crippen LogP contribution in [0.1, 0.15) is 45.4 Å². The predicted octanol–water partition coefficient (Wildman–Crippen LogP) is 2.31. The van der Waals surface area contributed by atoms with E-state index < -0.39 is 0 Å². The number of urea groups is 1. The van der Waals surface area contributed by atoms with Gasteiger partial charge in [0.15, 0.2) is 0 Å². The Labute approximate surface area is 138 Å². The third kappa shape index (κ3) is 3.52. The molecule has 2 N–H and O–H groups in total. The maximum Gasteiger partial charge on any atom is 0.315 e. The van der Waals surface area contributed by atoms with Crippen LogP contribution < -0.4 is 10.6 Å². The number of ether oxygens (including phenoxy) is 1.